The van der Waals surface area contributed by atoms with Crippen molar-refractivity contribution in [3.8, 4) is 0 Å². The summed E-state index contributed by atoms with van der Waals surface area (Å²) in [7, 11) is 0. The molecular formula is C18H15N3O2S2. The summed E-state index contributed by atoms with van der Waals surface area (Å²) in [4.78, 5) is 30.1. The zero-order chi connectivity index (χ0) is 17.6. The predicted molar refractivity (Wildman–Crippen MR) is 104 cm³/mol. The number of carbonyl (C=O) groups is 1. The third-order valence-electron chi connectivity index (χ3n) is 4.03. The maximum atomic E-state index is 12.8. The quantitative estimate of drug-likeness (QED) is 0.587. The van der Waals surface area contributed by atoms with Crippen molar-refractivity contribution in [3.63, 3.8) is 0 Å². The van der Waals surface area contributed by atoms with Gasteiger partial charge in [-0.15, -0.1) is 22.7 Å². The maximum absolute atomic E-state index is 12.8. The Morgan fingerprint density at radius 2 is 2.08 bits per heavy atom. The molecule has 0 unspecified atom stereocenters. The van der Waals surface area contributed by atoms with Crippen molar-refractivity contribution < 1.29 is 4.79 Å². The molecule has 25 heavy (non-hydrogen) atoms. The molecule has 0 fully saturated rings. The van der Waals surface area contributed by atoms with E-state index in [9.17, 15) is 9.59 Å². The lowest BCUT2D eigenvalue weighted by molar-refractivity contribution is 0.103. The van der Waals surface area contributed by atoms with Gasteiger partial charge in [-0.2, -0.15) is 0 Å². The van der Waals surface area contributed by atoms with Crippen molar-refractivity contribution in [1.29, 1.82) is 0 Å². The summed E-state index contributed by atoms with van der Waals surface area (Å²) in [5, 5.41) is 6.84. The highest BCUT2D eigenvalue weighted by Crippen LogP contribution is 2.31. The van der Waals surface area contributed by atoms with Crippen molar-refractivity contribution in [2.75, 3.05) is 5.32 Å². The van der Waals surface area contributed by atoms with Gasteiger partial charge < -0.3 is 4.57 Å². The van der Waals surface area contributed by atoms with Crippen molar-refractivity contribution in [3.05, 3.63) is 56.6 Å². The number of pyridine rings is 1. The number of nitrogens with zero attached hydrogens (tertiary/aromatic N) is 2. The molecule has 0 aliphatic carbocycles. The lowest BCUT2D eigenvalue weighted by Gasteiger charge is -2.08. The molecule has 1 aromatic carbocycles. The summed E-state index contributed by atoms with van der Waals surface area (Å²) in [5.41, 5.74) is 1.71. The number of aryl methyl sites for hydroxylation is 2. The van der Waals surface area contributed by atoms with Crippen molar-refractivity contribution >= 4 is 54.7 Å². The van der Waals surface area contributed by atoms with E-state index in [1.54, 1.807) is 10.6 Å². The molecule has 0 spiro atoms. The fourth-order valence-corrected chi connectivity index (χ4v) is 4.66. The fraction of sp³-hybridized carbons (Fsp3) is 0.167. The van der Waals surface area contributed by atoms with Gasteiger partial charge in [0.25, 0.3) is 11.5 Å². The van der Waals surface area contributed by atoms with Crippen LogP contribution in [0.15, 0.2) is 40.5 Å². The first kappa shape index (κ1) is 16.0. The van der Waals surface area contributed by atoms with Crippen LogP contribution in [0, 0.1) is 6.92 Å². The molecule has 4 aromatic rings. The van der Waals surface area contributed by atoms with E-state index < -0.39 is 0 Å². The molecule has 0 bridgehead atoms. The molecule has 4 rings (SSSR count). The number of rotatable bonds is 3. The number of nitrogens with one attached hydrogen (secondary N) is 1. The standard InChI is InChI=1S/C18H15N3O2S2/c1-3-21-13-7-5-4-6-11(13)15-12(17(21)23)8-14(25-15)16(22)20-18-19-10(2)9-24-18/h4-9H,3H2,1-2H3,(H,19,20,22). The topological polar surface area (TPSA) is 64.0 Å². The minimum absolute atomic E-state index is 0.0587. The van der Waals surface area contributed by atoms with Crippen LogP contribution in [0.2, 0.25) is 0 Å². The van der Waals surface area contributed by atoms with Crippen LogP contribution in [-0.4, -0.2) is 15.5 Å². The van der Waals surface area contributed by atoms with Gasteiger partial charge in [-0.25, -0.2) is 4.98 Å². The van der Waals surface area contributed by atoms with Gasteiger partial charge in [-0.05, 0) is 26.0 Å². The van der Waals surface area contributed by atoms with Crippen LogP contribution in [0.3, 0.4) is 0 Å². The second kappa shape index (κ2) is 6.09. The SMILES string of the molecule is CCn1c(=O)c2cc(C(=O)Nc3nc(C)cs3)sc2c2ccccc21. The molecule has 3 aromatic heterocycles. The molecule has 7 heteroatoms. The van der Waals surface area contributed by atoms with Crippen LogP contribution in [0.4, 0.5) is 5.13 Å². The second-order valence-electron chi connectivity index (χ2n) is 5.67. The van der Waals surface area contributed by atoms with Gasteiger partial charge in [-0.3, -0.25) is 14.9 Å². The van der Waals surface area contributed by atoms with Crippen LogP contribution in [0.5, 0.6) is 0 Å². The predicted octanol–water partition coefficient (Wildman–Crippen LogP) is 4.25. The lowest BCUT2D eigenvalue weighted by Crippen LogP contribution is -2.19. The molecule has 3 heterocycles. The van der Waals surface area contributed by atoms with Crippen LogP contribution in [-0.2, 0) is 6.54 Å². The van der Waals surface area contributed by atoms with E-state index in [-0.39, 0.29) is 11.5 Å². The van der Waals surface area contributed by atoms with Gasteiger partial charge in [0.15, 0.2) is 5.13 Å². The van der Waals surface area contributed by atoms with Crippen molar-refractivity contribution in [2.45, 2.75) is 20.4 Å². The zero-order valence-corrected chi connectivity index (χ0v) is 15.3. The van der Waals surface area contributed by atoms with Gasteiger partial charge in [0.2, 0.25) is 0 Å². The normalized spacial score (nSPS) is 11.3. The number of para-hydroxylation sites is 1. The first-order valence-corrected chi connectivity index (χ1v) is 9.56. The fourth-order valence-electron chi connectivity index (χ4n) is 2.90. The Labute approximate surface area is 151 Å². The molecule has 0 saturated carbocycles. The number of aromatic nitrogens is 2. The Bertz CT molecular complexity index is 1170. The van der Waals surface area contributed by atoms with Gasteiger partial charge in [0.05, 0.1) is 21.5 Å². The zero-order valence-electron chi connectivity index (χ0n) is 13.7. The van der Waals surface area contributed by atoms with Crippen LogP contribution in [0.25, 0.3) is 21.0 Å². The van der Waals surface area contributed by atoms with Gasteiger partial charge in [-0.1, -0.05) is 18.2 Å². The number of thiazole rings is 1. The molecular weight excluding hydrogens is 354 g/mol. The van der Waals surface area contributed by atoms with Gasteiger partial charge in [0.1, 0.15) is 0 Å². The number of carbonyl (C=O) groups excluding carboxylic acids is 1. The Morgan fingerprint density at radius 3 is 2.80 bits per heavy atom. The number of anilines is 1. The van der Waals surface area contributed by atoms with Crippen molar-refractivity contribution in [2.24, 2.45) is 0 Å². The second-order valence-corrected chi connectivity index (χ2v) is 7.58. The number of hydrogen-bond acceptors (Lipinski definition) is 5. The summed E-state index contributed by atoms with van der Waals surface area (Å²) >= 11 is 2.73. The Balaban J connectivity index is 1.87. The number of fused-ring (bicyclic) bond motifs is 3. The summed E-state index contributed by atoms with van der Waals surface area (Å²) in [6.07, 6.45) is 0. The Hall–Kier alpha value is -2.51. The molecule has 0 saturated heterocycles. The van der Waals surface area contributed by atoms with Gasteiger partial charge in [0, 0.05) is 22.0 Å². The first-order chi connectivity index (χ1) is 12.1. The largest absolute Gasteiger partial charge is 0.308 e. The van der Waals surface area contributed by atoms with E-state index >= 15 is 0 Å². The maximum Gasteiger partial charge on any atom is 0.267 e. The monoisotopic (exact) mass is 369 g/mol. The van der Waals surface area contributed by atoms with Crippen molar-refractivity contribution in [1.82, 2.24) is 9.55 Å². The summed E-state index contributed by atoms with van der Waals surface area (Å²) in [6, 6.07) is 9.50. The summed E-state index contributed by atoms with van der Waals surface area (Å²) in [6.45, 7) is 4.42. The van der Waals surface area contributed by atoms with Crippen LogP contribution >= 0.6 is 22.7 Å². The highest BCUT2D eigenvalue weighted by Gasteiger charge is 2.17. The highest BCUT2D eigenvalue weighted by atomic mass is 32.1. The minimum atomic E-state index is -0.234. The number of benzene rings is 1. The van der Waals surface area contributed by atoms with E-state index in [2.05, 4.69) is 10.3 Å². The summed E-state index contributed by atoms with van der Waals surface area (Å²) in [5.74, 6) is -0.234. The molecule has 0 atom stereocenters. The minimum Gasteiger partial charge on any atom is -0.308 e. The first-order valence-electron chi connectivity index (χ1n) is 7.87. The Kier molecular flexibility index (Phi) is 3.89. The number of amides is 1. The third-order valence-corrected chi connectivity index (χ3v) is 6.07. The molecule has 0 aliphatic heterocycles. The highest BCUT2D eigenvalue weighted by molar-refractivity contribution is 7.22. The number of hydrogen-bond donors (Lipinski definition) is 1. The average Bonchev–Trinajstić information content (AvgIpc) is 3.22. The van der Waals surface area contributed by atoms with E-state index in [0.29, 0.717) is 21.9 Å². The third kappa shape index (κ3) is 2.65. The number of thiophene rings is 1. The molecule has 1 N–H and O–H groups in total. The molecule has 1 amide bonds. The molecule has 0 aliphatic rings. The van der Waals surface area contributed by atoms with E-state index in [1.165, 1.54) is 22.7 Å². The average molecular weight is 369 g/mol. The smallest absolute Gasteiger partial charge is 0.267 e. The van der Waals surface area contributed by atoms with Gasteiger partial charge >= 0.3 is 0 Å². The van der Waals surface area contributed by atoms with E-state index in [1.807, 2.05) is 43.5 Å². The lowest BCUT2D eigenvalue weighted by atomic mass is 10.1. The summed E-state index contributed by atoms with van der Waals surface area (Å²) < 4.78 is 2.60. The molecule has 5 nitrogen and oxygen atoms in total. The molecule has 126 valence electrons. The van der Waals surface area contributed by atoms with E-state index in [0.717, 1.165) is 21.3 Å². The molecule has 0 radical (unpaired) electrons. The Morgan fingerprint density at radius 1 is 1.28 bits per heavy atom. The van der Waals surface area contributed by atoms with Crippen LogP contribution in [0.1, 0.15) is 22.3 Å². The van der Waals surface area contributed by atoms with Crippen LogP contribution < -0.4 is 10.9 Å². The van der Waals surface area contributed by atoms with E-state index in [4.69, 9.17) is 0 Å².